The maximum absolute atomic E-state index is 12.7. The van der Waals surface area contributed by atoms with Crippen molar-refractivity contribution in [2.24, 2.45) is 0 Å². The Bertz CT molecular complexity index is 847. The number of amides is 1. The van der Waals surface area contributed by atoms with Gasteiger partial charge in [-0.15, -0.1) is 0 Å². The highest BCUT2D eigenvalue weighted by molar-refractivity contribution is 6.13. The van der Waals surface area contributed by atoms with E-state index in [-0.39, 0.29) is 5.91 Å². The van der Waals surface area contributed by atoms with Crippen molar-refractivity contribution in [2.45, 2.75) is 20.8 Å². The molecule has 1 heterocycles. The molecule has 0 radical (unpaired) electrons. The number of anilines is 1. The number of carbonyl (C=O) groups is 1. The first kappa shape index (κ1) is 15.2. The Balaban J connectivity index is 1.97. The number of ether oxygens (including phenoxy) is 1. The summed E-state index contributed by atoms with van der Waals surface area (Å²) < 4.78 is 11.2. The molecule has 0 unspecified atom stereocenters. The monoisotopic (exact) mass is 309 g/mol. The topological polar surface area (TPSA) is 51.5 Å². The zero-order valence-electron chi connectivity index (χ0n) is 13.5. The molecule has 4 nitrogen and oxygen atoms in total. The van der Waals surface area contributed by atoms with Gasteiger partial charge in [-0.05, 0) is 51.1 Å². The van der Waals surface area contributed by atoms with E-state index in [1.54, 1.807) is 6.92 Å². The lowest BCUT2D eigenvalue weighted by molar-refractivity contribution is 0.102. The van der Waals surface area contributed by atoms with Gasteiger partial charge in [0.2, 0.25) is 0 Å². The summed E-state index contributed by atoms with van der Waals surface area (Å²) in [4.78, 5) is 12.7. The average Bonchev–Trinajstić information content (AvgIpc) is 2.85. The van der Waals surface area contributed by atoms with Crippen molar-refractivity contribution in [3.05, 3.63) is 59.4 Å². The Morgan fingerprint density at radius 2 is 1.87 bits per heavy atom. The van der Waals surface area contributed by atoms with Gasteiger partial charge in [-0.3, -0.25) is 4.79 Å². The third-order valence-corrected chi connectivity index (χ3v) is 3.68. The first-order valence-electron chi connectivity index (χ1n) is 7.62. The van der Waals surface area contributed by atoms with E-state index in [9.17, 15) is 4.79 Å². The van der Waals surface area contributed by atoms with E-state index in [0.717, 1.165) is 22.4 Å². The fraction of sp³-hybridized carbons (Fsp3) is 0.211. The highest BCUT2D eigenvalue weighted by Gasteiger charge is 2.19. The van der Waals surface area contributed by atoms with Gasteiger partial charge >= 0.3 is 0 Å². The molecule has 118 valence electrons. The molecular weight excluding hydrogens is 290 g/mol. The summed E-state index contributed by atoms with van der Waals surface area (Å²) in [7, 11) is 0. The quantitative estimate of drug-likeness (QED) is 0.760. The molecule has 0 saturated carbocycles. The van der Waals surface area contributed by atoms with Gasteiger partial charge in [0.05, 0.1) is 12.2 Å². The zero-order chi connectivity index (χ0) is 16.4. The van der Waals surface area contributed by atoms with Crippen molar-refractivity contribution >= 4 is 22.6 Å². The predicted molar refractivity (Wildman–Crippen MR) is 91.3 cm³/mol. The van der Waals surface area contributed by atoms with Crippen molar-refractivity contribution in [3.8, 4) is 5.75 Å². The number of furan rings is 1. The molecule has 3 rings (SSSR count). The Morgan fingerprint density at radius 3 is 2.57 bits per heavy atom. The molecule has 0 aliphatic rings. The van der Waals surface area contributed by atoms with Crippen LogP contribution in [0.2, 0.25) is 0 Å². The molecule has 2 aromatic carbocycles. The number of benzene rings is 2. The van der Waals surface area contributed by atoms with Crippen molar-refractivity contribution in [2.75, 3.05) is 11.9 Å². The van der Waals surface area contributed by atoms with Gasteiger partial charge in [0, 0.05) is 11.1 Å². The summed E-state index contributed by atoms with van der Waals surface area (Å²) in [6.45, 7) is 6.31. The molecule has 0 aliphatic carbocycles. The fourth-order valence-corrected chi connectivity index (χ4v) is 2.57. The van der Waals surface area contributed by atoms with Crippen LogP contribution < -0.4 is 10.1 Å². The van der Waals surface area contributed by atoms with Crippen LogP contribution in [0.4, 0.5) is 5.69 Å². The summed E-state index contributed by atoms with van der Waals surface area (Å²) in [5, 5.41) is 3.68. The van der Waals surface area contributed by atoms with Crippen molar-refractivity contribution in [1.29, 1.82) is 0 Å². The highest BCUT2D eigenvalue weighted by atomic mass is 16.5. The zero-order valence-corrected chi connectivity index (χ0v) is 13.5. The first-order chi connectivity index (χ1) is 11.1. The van der Waals surface area contributed by atoms with Crippen LogP contribution in [0.3, 0.4) is 0 Å². The fourth-order valence-electron chi connectivity index (χ4n) is 2.57. The SMILES string of the molecule is CCOc1ccc2oc(C)c(C(=O)Nc3ccc(C)cc3)c2c1. The second-order valence-electron chi connectivity index (χ2n) is 5.44. The molecule has 1 N–H and O–H groups in total. The Morgan fingerprint density at radius 1 is 1.13 bits per heavy atom. The number of hydrogen-bond acceptors (Lipinski definition) is 3. The van der Waals surface area contributed by atoms with Crippen LogP contribution in [-0.4, -0.2) is 12.5 Å². The molecule has 4 heteroatoms. The molecule has 0 spiro atoms. The molecule has 0 bridgehead atoms. The molecular formula is C19H19NO3. The molecule has 0 aliphatic heterocycles. The van der Waals surface area contributed by atoms with E-state index >= 15 is 0 Å². The van der Waals surface area contributed by atoms with E-state index in [2.05, 4.69) is 5.32 Å². The third-order valence-electron chi connectivity index (χ3n) is 3.68. The van der Waals surface area contributed by atoms with Crippen LogP contribution in [0.25, 0.3) is 11.0 Å². The van der Waals surface area contributed by atoms with E-state index in [1.807, 2.05) is 56.3 Å². The minimum absolute atomic E-state index is 0.182. The third kappa shape index (κ3) is 3.06. The van der Waals surface area contributed by atoms with Gasteiger partial charge in [-0.2, -0.15) is 0 Å². The van der Waals surface area contributed by atoms with E-state index in [0.29, 0.717) is 23.5 Å². The number of rotatable bonds is 4. The lowest BCUT2D eigenvalue weighted by Gasteiger charge is -2.06. The Labute approximate surface area is 135 Å². The lowest BCUT2D eigenvalue weighted by atomic mass is 10.1. The number of hydrogen-bond donors (Lipinski definition) is 1. The van der Waals surface area contributed by atoms with E-state index < -0.39 is 0 Å². The Hall–Kier alpha value is -2.75. The van der Waals surface area contributed by atoms with Gasteiger partial charge in [0.1, 0.15) is 17.1 Å². The standard InChI is InChI=1S/C19H19NO3/c1-4-22-15-9-10-17-16(11-15)18(13(3)23-17)19(21)20-14-7-5-12(2)6-8-14/h5-11H,4H2,1-3H3,(H,20,21). The van der Waals surface area contributed by atoms with Crippen molar-refractivity contribution < 1.29 is 13.9 Å². The van der Waals surface area contributed by atoms with Gasteiger partial charge in [-0.1, -0.05) is 17.7 Å². The molecule has 1 amide bonds. The average molecular weight is 309 g/mol. The van der Waals surface area contributed by atoms with Gasteiger partial charge in [-0.25, -0.2) is 0 Å². The molecule has 0 fully saturated rings. The maximum Gasteiger partial charge on any atom is 0.259 e. The molecule has 0 saturated heterocycles. The maximum atomic E-state index is 12.7. The molecule has 1 aromatic heterocycles. The van der Waals surface area contributed by atoms with Crippen LogP contribution >= 0.6 is 0 Å². The summed E-state index contributed by atoms with van der Waals surface area (Å²) in [5.41, 5.74) is 3.13. The van der Waals surface area contributed by atoms with Crippen LogP contribution in [-0.2, 0) is 0 Å². The molecule has 3 aromatic rings. The lowest BCUT2D eigenvalue weighted by Crippen LogP contribution is -2.12. The number of fused-ring (bicyclic) bond motifs is 1. The van der Waals surface area contributed by atoms with E-state index in [1.165, 1.54) is 0 Å². The second kappa shape index (κ2) is 6.16. The minimum atomic E-state index is -0.182. The van der Waals surface area contributed by atoms with Crippen molar-refractivity contribution in [1.82, 2.24) is 0 Å². The number of carbonyl (C=O) groups excluding carboxylic acids is 1. The smallest absolute Gasteiger partial charge is 0.259 e. The summed E-state index contributed by atoms with van der Waals surface area (Å²) in [6.07, 6.45) is 0. The Kier molecular flexibility index (Phi) is 4.06. The van der Waals surface area contributed by atoms with Gasteiger partial charge < -0.3 is 14.5 Å². The van der Waals surface area contributed by atoms with Gasteiger partial charge in [0.15, 0.2) is 0 Å². The van der Waals surface area contributed by atoms with Crippen molar-refractivity contribution in [3.63, 3.8) is 0 Å². The predicted octanol–water partition coefficient (Wildman–Crippen LogP) is 4.70. The largest absolute Gasteiger partial charge is 0.494 e. The van der Waals surface area contributed by atoms with Gasteiger partial charge in [0.25, 0.3) is 5.91 Å². The number of nitrogens with one attached hydrogen (secondary N) is 1. The summed E-state index contributed by atoms with van der Waals surface area (Å²) >= 11 is 0. The molecule has 23 heavy (non-hydrogen) atoms. The summed E-state index contributed by atoms with van der Waals surface area (Å²) in [6, 6.07) is 13.2. The minimum Gasteiger partial charge on any atom is -0.494 e. The summed E-state index contributed by atoms with van der Waals surface area (Å²) in [5.74, 6) is 1.14. The van der Waals surface area contributed by atoms with Crippen LogP contribution in [0.1, 0.15) is 28.6 Å². The highest BCUT2D eigenvalue weighted by Crippen LogP contribution is 2.29. The van der Waals surface area contributed by atoms with Crippen LogP contribution in [0.5, 0.6) is 5.75 Å². The van der Waals surface area contributed by atoms with E-state index in [4.69, 9.17) is 9.15 Å². The second-order valence-corrected chi connectivity index (χ2v) is 5.44. The first-order valence-corrected chi connectivity index (χ1v) is 7.62. The number of aryl methyl sites for hydroxylation is 2. The normalized spacial score (nSPS) is 10.7. The van der Waals surface area contributed by atoms with Crippen LogP contribution in [0, 0.1) is 13.8 Å². The molecule has 0 atom stereocenters. The van der Waals surface area contributed by atoms with Crippen LogP contribution in [0.15, 0.2) is 46.9 Å².